The second-order valence-corrected chi connectivity index (χ2v) is 5.73. The van der Waals surface area contributed by atoms with E-state index in [0.717, 1.165) is 34.8 Å². The van der Waals surface area contributed by atoms with Crippen molar-refractivity contribution in [3.8, 4) is 0 Å². The number of carbonyl (C=O) groups is 2. The molecule has 1 heterocycles. The van der Waals surface area contributed by atoms with Crippen LogP contribution in [-0.4, -0.2) is 16.1 Å². The lowest BCUT2D eigenvalue weighted by Gasteiger charge is -2.05. The van der Waals surface area contributed by atoms with E-state index in [1.807, 2.05) is 36.4 Å². The highest BCUT2D eigenvalue weighted by molar-refractivity contribution is 6.12. The zero-order valence-electron chi connectivity index (χ0n) is 13.1. The number of carbonyl (C=O) groups excluding carboxylic acids is 2. The van der Waals surface area contributed by atoms with Crippen LogP contribution in [0.15, 0.2) is 36.4 Å². The Morgan fingerprint density at radius 3 is 1.68 bits per heavy atom. The number of aryl methyl sites for hydroxylation is 1. The molecule has 112 valence electrons. The lowest BCUT2D eigenvalue weighted by molar-refractivity contribution is 0.100. The van der Waals surface area contributed by atoms with E-state index >= 15 is 0 Å². The first-order valence-electron chi connectivity index (χ1n) is 7.60. The molecule has 0 aliphatic carbocycles. The van der Waals surface area contributed by atoms with E-state index in [9.17, 15) is 9.59 Å². The normalized spacial score (nSPS) is 11.2. The molecule has 0 spiro atoms. The van der Waals surface area contributed by atoms with Crippen LogP contribution in [0.1, 0.15) is 47.9 Å². The number of fused-ring (bicyclic) bond motifs is 3. The van der Waals surface area contributed by atoms with Gasteiger partial charge in [-0.1, -0.05) is 6.92 Å². The lowest BCUT2D eigenvalue weighted by Crippen LogP contribution is -1.97. The Morgan fingerprint density at radius 2 is 1.32 bits per heavy atom. The molecular formula is C19H19NO2. The van der Waals surface area contributed by atoms with Crippen LogP contribution < -0.4 is 0 Å². The molecule has 0 saturated heterocycles. The van der Waals surface area contributed by atoms with Crippen LogP contribution in [0.5, 0.6) is 0 Å². The molecule has 22 heavy (non-hydrogen) atoms. The molecule has 0 N–H and O–H groups in total. The number of hydrogen-bond acceptors (Lipinski definition) is 2. The highest BCUT2D eigenvalue weighted by atomic mass is 16.1. The van der Waals surface area contributed by atoms with Crippen LogP contribution in [0.25, 0.3) is 21.8 Å². The molecular weight excluding hydrogens is 274 g/mol. The summed E-state index contributed by atoms with van der Waals surface area (Å²) in [6.45, 7) is 6.21. The van der Waals surface area contributed by atoms with Gasteiger partial charge in [0, 0.05) is 39.5 Å². The Hall–Kier alpha value is -2.42. The summed E-state index contributed by atoms with van der Waals surface area (Å²) in [4.78, 5) is 23.3. The van der Waals surface area contributed by atoms with E-state index in [4.69, 9.17) is 0 Å². The van der Waals surface area contributed by atoms with Crippen molar-refractivity contribution in [3.63, 3.8) is 0 Å². The number of aromatic nitrogens is 1. The highest BCUT2D eigenvalue weighted by Crippen LogP contribution is 2.31. The van der Waals surface area contributed by atoms with E-state index < -0.39 is 0 Å². The second kappa shape index (κ2) is 5.41. The average Bonchev–Trinajstić information content (AvgIpc) is 2.81. The molecule has 0 fully saturated rings. The summed E-state index contributed by atoms with van der Waals surface area (Å²) in [6.07, 6.45) is 1.03. The number of Topliss-reactive ketones (excluding diaryl/α,β-unsaturated/α-hetero) is 2. The summed E-state index contributed by atoms with van der Waals surface area (Å²) in [7, 11) is 0. The van der Waals surface area contributed by atoms with Gasteiger partial charge in [-0.15, -0.1) is 0 Å². The van der Waals surface area contributed by atoms with Gasteiger partial charge in [-0.25, -0.2) is 0 Å². The van der Waals surface area contributed by atoms with Gasteiger partial charge in [-0.3, -0.25) is 9.59 Å². The van der Waals surface area contributed by atoms with Gasteiger partial charge >= 0.3 is 0 Å². The van der Waals surface area contributed by atoms with Crippen molar-refractivity contribution >= 4 is 33.4 Å². The Kier molecular flexibility index (Phi) is 3.57. The second-order valence-electron chi connectivity index (χ2n) is 5.73. The topological polar surface area (TPSA) is 39.1 Å². The molecule has 0 saturated carbocycles. The van der Waals surface area contributed by atoms with Crippen molar-refractivity contribution in [2.24, 2.45) is 0 Å². The summed E-state index contributed by atoms with van der Waals surface area (Å²) in [5.41, 5.74) is 3.64. The molecule has 0 aliphatic heterocycles. The van der Waals surface area contributed by atoms with Crippen molar-refractivity contribution in [2.45, 2.75) is 33.7 Å². The number of ketones is 2. The zero-order chi connectivity index (χ0) is 15.9. The molecule has 3 nitrogen and oxygen atoms in total. The average molecular weight is 293 g/mol. The molecule has 3 heteroatoms. The van der Waals surface area contributed by atoms with Gasteiger partial charge in [0.25, 0.3) is 0 Å². The first kappa shape index (κ1) is 14.5. The molecule has 0 atom stereocenters. The van der Waals surface area contributed by atoms with Crippen LogP contribution in [0.4, 0.5) is 0 Å². The Balaban J connectivity index is 2.41. The minimum Gasteiger partial charge on any atom is -0.340 e. The van der Waals surface area contributed by atoms with Crippen LogP contribution in [0.3, 0.4) is 0 Å². The molecule has 3 rings (SSSR count). The molecule has 2 aromatic carbocycles. The van der Waals surface area contributed by atoms with Gasteiger partial charge in [0.1, 0.15) is 0 Å². The van der Waals surface area contributed by atoms with E-state index in [2.05, 4.69) is 11.5 Å². The van der Waals surface area contributed by atoms with Gasteiger partial charge in [-0.2, -0.15) is 0 Å². The van der Waals surface area contributed by atoms with Crippen molar-refractivity contribution in [2.75, 3.05) is 0 Å². The monoisotopic (exact) mass is 293 g/mol. The van der Waals surface area contributed by atoms with E-state index in [1.165, 1.54) is 0 Å². The van der Waals surface area contributed by atoms with E-state index in [-0.39, 0.29) is 11.6 Å². The lowest BCUT2D eigenvalue weighted by atomic mass is 10.0. The number of benzene rings is 2. The summed E-state index contributed by atoms with van der Waals surface area (Å²) < 4.78 is 2.26. The van der Waals surface area contributed by atoms with E-state index in [1.54, 1.807) is 13.8 Å². The summed E-state index contributed by atoms with van der Waals surface area (Å²) >= 11 is 0. The molecule has 0 aliphatic rings. The summed E-state index contributed by atoms with van der Waals surface area (Å²) in [5, 5.41) is 2.08. The third-order valence-electron chi connectivity index (χ3n) is 4.13. The van der Waals surface area contributed by atoms with Gasteiger partial charge in [0.15, 0.2) is 11.6 Å². The number of nitrogens with zero attached hydrogens (tertiary/aromatic N) is 1. The van der Waals surface area contributed by atoms with Gasteiger partial charge in [0.05, 0.1) is 0 Å². The quantitative estimate of drug-likeness (QED) is 0.659. The zero-order valence-corrected chi connectivity index (χ0v) is 13.1. The minimum atomic E-state index is 0.0565. The van der Waals surface area contributed by atoms with Gasteiger partial charge in [-0.05, 0) is 56.7 Å². The molecule has 0 radical (unpaired) electrons. The van der Waals surface area contributed by atoms with Crippen molar-refractivity contribution in [1.29, 1.82) is 0 Å². The predicted molar refractivity (Wildman–Crippen MR) is 89.7 cm³/mol. The first-order chi connectivity index (χ1) is 10.5. The van der Waals surface area contributed by atoms with Crippen LogP contribution in [-0.2, 0) is 6.54 Å². The smallest absolute Gasteiger partial charge is 0.159 e. The Bertz CT molecular complexity index is 831. The Morgan fingerprint density at radius 1 is 0.864 bits per heavy atom. The third kappa shape index (κ3) is 2.23. The molecule has 1 aromatic heterocycles. The minimum absolute atomic E-state index is 0.0565. The SMILES string of the molecule is CCCn1c2ccc(C(C)=O)cc2c2cc(C(C)=O)ccc21. The van der Waals surface area contributed by atoms with Crippen molar-refractivity contribution < 1.29 is 9.59 Å². The fraction of sp³-hybridized carbons (Fsp3) is 0.263. The van der Waals surface area contributed by atoms with Crippen molar-refractivity contribution in [1.82, 2.24) is 4.57 Å². The van der Waals surface area contributed by atoms with Crippen LogP contribution >= 0.6 is 0 Å². The maximum Gasteiger partial charge on any atom is 0.159 e. The fourth-order valence-corrected chi connectivity index (χ4v) is 3.01. The summed E-state index contributed by atoms with van der Waals surface area (Å²) in [6, 6.07) is 11.7. The predicted octanol–water partition coefficient (Wildman–Crippen LogP) is 4.61. The molecule has 0 unspecified atom stereocenters. The third-order valence-corrected chi connectivity index (χ3v) is 4.13. The van der Waals surface area contributed by atoms with Gasteiger partial charge < -0.3 is 4.57 Å². The molecule has 0 bridgehead atoms. The number of hydrogen-bond donors (Lipinski definition) is 0. The Labute approximate surface area is 129 Å². The van der Waals surface area contributed by atoms with Crippen LogP contribution in [0.2, 0.25) is 0 Å². The number of rotatable bonds is 4. The summed E-state index contributed by atoms with van der Waals surface area (Å²) in [5.74, 6) is 0.113. The standard InChI is InChI=1S/C19H19NO2/c1-4-9-20-18-7-5-14(12(2)21)10-16(18)17-11-15(13(3)22)6-8-19(17)20/h5-8,10-11H,4,9H2,1-3H3. The maximum atomic E-state index is 11.7. The highest BCUT2D eigenvalue weighted by Gasteiger charge is 2.13. The first-order valence-corrected chi connectivity index (χ1v) is 7.60. The maximum absolute atomic E-state index is 11.7. The largest absolute Gasteiger partial charge is 0.340 e. The van der Waals surface area contributed by atoms with E-state index in [0.29, 0.717) is 11.1 Å². The fourth-order valence-electron chi connectivity index (χ4n) is 3.01. The van der Waals surface area contributed by atoms with Crippen LogP contribution in [0, 0.1) is 0 Å². The van der Waals surface area contributed by atoms with Gasteiger partial charge in [0.2, 0.25) is 0 Å². The molecule has 0 amide bonds. The molecule has 3 aromatic rings. The van der Waals surface area contributed by atoms with Crippen molar-refractivity contribution in [3.05, 3.63) is 47.5 Å².